The zero-order chi connectivity index (χ0) is 24.5. The van der Waals surface area contributed by atoms with Gasteiger partial charge >= 0.3 is 0 Å². The van der Waals surface area contributed by atoms with E-state index in [4.69, 9.17) is 15.0 Å². The van der Waals surface area contributed by atoms with E-state index in [1.807, 2.05) is 45.0 Å². The number of nitrogens with two attached hydrogens (primary N) is 1. The van der Waals surface area contributed by atoms with E-state index < -0.39 is 5.60 Å². The molecule has 8 nitrogen and oxygen atoms in total. The average molecular weight is 464 g/mol. The van der Waals surface area contributed by atoms with Crippen LogP contribution in [-0.4, -0.2) is 58.0 Å². The molecular weight excluding hydrogens is 430 g/mol. The second kappa shape index (κ2) is 9.48. The van der Waals surface area contributed by atoms with E-state index in [0.29, 0.717) is 18.7 Å². The van der Waals surface area contributed by atoms with Crippen LogP contribution in [0.4, 0.5) is 5.88 Å². The van der Waals surface area contributed by atoms with Gasteiger partial charge in [-0.1, -0.05) is 5.16 Å². The third-order valence-corrected chi connectivity index (χ3v) is 5.76. The van der Waals surface area contributed by atoms with Gasteiger partial charge in [0.05, 0.1) is 17.9 Å². The maximum atomic E-state index is 10.7. The Kier molecular flexibility index (Phi) is 6.63. The lowest BCUT2D eigenvalue weighted by molar-refractivity contribution is 0.0814. The van der Waals surface area contributed by atoms with Gasteiger partial charge in [0.2, 0.25) is 5.88 Å². The molecule has 0 aliphatic heterocycles. The van der Waals surface area contributed by atoms with Crippen molar-refractivity contribution in [3.05, 3.63) is 47.7 Å². The second-order valence-electron chi connectivity index (χ2n) is 9.63. The predicted octanol–water partition coefficient (Wildman–Crippen LogP) is 4.42. The van der Waals surface area contributed by atoms with Gasteiger partial charge in [0.25, 0.3) is 0 Å². The van der Waals surface area contributed by atoms with Gasteiger partial charge in [0.1, 0.15) is 17.1 Å². The van der Waals surface area contributed by atoms with E-state index in [2.05, 4.69) is 34.1 Å². The standard InChI is InChI=1S/C26H33N5O3/c1-16-20(21-13-22(27)34-30-21)15-28-25-23(16)19(14-26(2,3)32)24(29-25)17-7-9-18(10-8-17)33-12-6-11-31(4)5/h7-10,13,15,32H,6,11-12,14,27H2,1-5H3,(H,28,29). The molecular formula is C26H33N5O3. The van der Waals surface area contributed by atoms with E-state index in [1.165, 1.54) is 0 Å². The van der Waals surface area contributed by atoms with Crippen molar-refractivity contribution in [1.29, 1.82) is 0 Å². The maximum Gasteiger partial charge on any atom is 0.222 e. The summed E-state index contributed by atoms with van der Waals surface area (Å²) in [4.78, 5) is 10.3. The quantitative estimate of drug-likeness (QED) is 0.315. The number of nitrogens with one attached hydrogen (secondary N) is 1. The Labute approximate surface area is 199 Å². The van der Waals surface area contributed by atoms with Gasteiger partial charge in [-0.2, -0.15) is 0 Å². The highest BCUT2D eigenvalue weighted by Crippen LogP contribution is 2.37. The monoisotopic (exact) mass is 463 g/mol. The van der Waals surface area contributed by atoms with Crippen molar-refractivity contribution in [1.82, 2.24) is 20.0 Å². The van der Waals surface area contributed by atoms with Crippen LogP contribution in [0.3, 0.4) is 0 Å². The van der Waals surface area contributed by atoms with E-state index in [1.54, 1.807) is 12.3 Å². The van der Waals surface area contributed by atoms with E-state index >= 15 is 0 Å². The number of pyridine rings is 1. The summed E-state index contributed by atoms with van der Waals surface area (Å²) in [5.41, 5.74) is 11.0. The molecule has 0 saturated carbocycles. The normalized spacial score (nSPS) is 12.1. The summed E-state index contributed by atoms with van der Waals surface area (Å²) < 4.78 is 11.0. The van der Waals surface area contributed by atoms with Crippen molar-refractivity contribution < 1.29 is 14.4 Å². The number of ether oxygens (including phenoxy) is 1. The largest absolute Gasteiger partial charge is 0.494 e. The summed E-state index contributed by atoms with van der Waals surface area (Å²) in [6.45, 7) is 7.31. The van der Waals surface area contributed by atoms with Gasteiger partial charge in [-0.05, 0) is 82.2 Å². The van der Waals surface area contributed by atoms with Gasteiger partial charge in [-0.15, -0.1) is 0 Å². The number of benzene rings is 1. The van der Waals surface area contributed by atoms with Crippen molar-refractivity contribution in [3.63, 3.8) is 0 Å². The molecule has 0 aliphatic rings. The molecule has 4 aromatic rings. The fourth-order valence-corrected chi connectivity index (χ4v) is 4.20. The summed E-state index contributed by atoms with van der Waals surface area (Å²) in [6.07, 6.45) is 3.20. The lowest BCUT2D eigenvalue weighted by Crippen LogP contribution is -2.22. The highest BCUT2D eigenvalue weighted by atomic mass is 16.5. The first-order chi connectivity index (χ1) is 16.1. The minimum absolute atomic E-state index is 0.255. The second-order valence-corrected chi connectivity index (χ2v) is 9.63. The maximum absolute atomic E-state index is 10.7. The number of aromatic nitrogens is 3. The summed E-state index contributed by atoms with van der Waals surface area (Å²) in [6, 6.07) is 9.72. The van der Waals surface area contributed by atoms with Crippen molar-refractivity contribution in [2.24, 2.45) is 0 Å². The molecule has 4 rings (SSSR count). The van der Waals surface area contributed by atoms with Crippen LogP contribution in [0, 0.1) is 6.92 Å². The first-order valence-corrected chi connectivity index (χ1v) is 11.5. The van der Waals surface area contributed by atoms with Crippen molar-refractivity contribution >= 4 is 16.9 Å². The number of aryl methyl sites for hydroxylation is 1. The minimum atomic E-state index is -0.903. The number of aliphatic hydroxyl groups is 1. The molecule has 0 saturated heterocycles. The number of hydrogen-bond acceptors (Lipinski definition) is 7. The Morgan fingerprint density at radius 2 is 1.94 bits per heavy atom. The van der Waals surface area contributed by atoms with Gasteiger partial charge < -0.3 is 30.0 Å². The van der Waals surface area contributed by atoms with E-state index in [-0.39, 0.29) is 5.88 Å². The van der Waals surface area contributed by atoms with Crippen LogP contribution in [-0.2, 0) is 6.42 Å². The molecule has 0 unspecified atom stereocenters. The predicted molar refractivity (Wildman–Crippen MR) is 135 cm³/mol. The molecule has 0 aliphatic carbocycles. The Morgan fingerprint density at radius 3 is 2.56 bits per heavy atom. The average Bonchev–Trinajstić information content (AvgIpc) is 3.35. The fourth-order valence-electron chi connectivity index (χ4n) is 4.20. The first kappa shape index (κ1) is 23.8. The highest BCUT2D eigenvalue weighted by molar-refractivity contribution is 5.94. The number of nitrogens with zero attached hydrogens (tertiary/aromatic N) is 3. The van der Waals surface area contributed by atoms with Gasteiger partial charge in [0.15, 0.2) is 0 Å². The van der Waals surface area contributed by atoms with Gasteiger partial charge in [-0.3, -0.25) is 0 Å². The Bertz CT molecular complexity index is 1270. The van der Waals surface area contributed by atoms with Crippen LogP contribution in [0.25, 0.3) is 33.5 Å². The summed E-state index contributed by atoms with van der Waals surface area (Å²) in [5.74, 6) is 1.09. The Morgan fingerprint density at radius 1 is 1.21 bits per heavy atom. The molecule has 0 atom stereocenters. The van der Waals surface area contributed by atoms with Crippen molar-refractivity contribution in [2.75, 3.05) is 33.0 Å². The molecule has 3 aromatic heterocycles. The number of fused-ring (bicyclic) bond motifs is 1. The van der Waals surface area contributed by atoms with Crippen molar-refractivity contribution in [2.45, 2.75) is 39.2 Å². The zero-order valence-electron chi connectivity index (χ0n) is 20.5. The molecule has 0 amide bonds. The molecule has 8 heteroatoms. The van der Waals surface area contributed by atoms with Crippen LogP contribution in [0.15, 0.2) is 41.1 Å². The van der Waals surface area contributed by atoms with Crippen molar-refractivity contribution in [3.8, 4) is 28.3 Å². The van der Waals surface area contributed by atoms with Crippen LogP contribution in [0.5, 0.6) is 5.75 Å². The number of H-pyrrole nitrogens is 1. The topological polar surface area (TPSA) is 113 Å². The number of nitrogen functional groups attached to an aromatic ring is 1. The van der Waals surface area contributed by atoms with Crippen LogP contribution in [0.2, 0.25) is 0 Å². The smallest absolute Gasteiger partial charge is 0.222 e. The number of aromatic amines is 1. The fraction of sp³-hybridized carbons (Fsp3) is 0.385. The van der Waals surface area contributed by atoms with E-state index in [9.17, 15) is 5.11 Å². The first-order valence-electron chi connectivity index (χ1n) is 11.5. The SMILES string of the molecule is Cc1c(-c2cc(N)on2)cnc2[nH]c(-c3ccc(OCCCN(C)C)cc3)c(CC(C)(C)O)c12. The molecule has 1 aromatic carbocycles. The van der Waals surface area contributed by atoms with Crippen LogP contribution >= 0.6 is 0 Å². The Balaban J connectivity index is 1.72. The molecule has 34 heavy (non-hydrogen) atoms. The zero-order valence-corrected chi connectivity index (χ0v) is 20.5. The van der Waals surface area contributed by atoms with Crippen LogP contribution in [0.1, 0.15) is 31.4 Å². The molecule has 0 fully saturated rings. The van der Waals surface area contributed by atoms with Gasteiger partial charge in [-0.25, -0.2) is 4.98 Å². The summed E-state index contributed by atoms with van der Waals surface area (Å²) >= 11 is 0. The summed E-state index contributed by atoms with van der Waals surface area (Å²) in [5, 5.41) is 15.7. The van der Waals surface area contributed by atoms with Crippen LogP contribution < -0.4 is 10.5 Å². The Hall–Kier alpha value is -3.36. The minimum Gasteiger partial charge on any atom is -0.494 e. The lowest BCUT2D eigenvalue weighted by Gasteiger charge is -2.18. The lowest BCUT2D eigenvalue weighted by atomic mass is 9.92. The number of rotatable bonds is 9. The molecule has 0 spiro atoms. The third kappa shape index (κ3) is 5.24. The number of hydrogen-bond donors (Lipinski definition) is 3. The molecule has 0 radical (unpaired) electrons. The van der Waals surface area contributed by atoms with E-state index in [0.717, 1.165) is 57.7 Å². The molecule has 0 bridgehead atoms. The third-order valence-electron chi connectivity index (χ3n) is 5.76. The number of anilines is 1. The molecule has 3 heterocycles. The highest BCUT2D eigenvalue weighted by Gasteiger charge is 2.24. The van der Waals surface area contributed by atoms with Gasteiger partial charge in [0, 0.05) is 36.2 Å². The molecule has 4 N–H and O–H groups in total. The summed E-state index contributed by atoms with van der Waals surface area (Å²) in [7, 11) is 4.11. The molecule has 180 valence electrons.